The van der Waals surface area contributed by atoms with E-state index in [9.17, 15) is 14.4 Å². The molecule has 0 saturated carbocycles. The Balaban J connectivity index is 1.96. The number of carbonyl (C=O) groups excluding carboxylic acids is 1. The number of halogens is 1. The second kappa shape index (κ2) is 9.14. The fourth-order valence-electron chi connectivity index (χ4n) is 3.88. The second-order valence-corrected chi connectivity index (χ2v) is 8.82. The third-order valence-corrected chi connectivity index (χ3v) is 6.88. The Hall–Kier alpha value is -3.16. The van der Waals surface area contributed by atoms with Gasteiger partial charge in [0, 0.05) is 30.0 Å². The van der Waals surface area contributed by atoms with Crippen LogP contribution >= 0.6 is 22.9 Å². The van der Waals surface area contributed by atoms with Gasteiger partial charge in [0.05, 0.1) is 37.4 Å². The molecule has 11 heteroatoms. The van der Waals surface area contributed by atoms with Crippen molar-refractivity contribution in [2.45, 2.75) is 38.3 Å². The van der Waals surface area contributed by atoms with Gasteiger partial charge < -0.3 is 10.1 Å². The summed E-state index contributed by atoms with van der Waals surface area (Å²) in [7, 11) is 1.51. The van der Waals surface area contributed by atoms with Crippen LogP contribution in [0.4, 0.5) is 0 Å². The zero-order valence-electron chi connectivity index (χ0n) is 17.3. The van der Waals surface area contributed by atoms with E-state index in [-0.39, 0.29) is 30.4 Å². The number of fused-ring (bicyclic) bond motifs is 1. The molecule has 1 aliphatic rings. The zero-order chi connectivity index (χ0) is 22.8. The number of nitriles is 1. The van der Waals surface area contributed by atoms with Crippen molar-refractivity contribution in [3.8, 4) is 22.3 Å². The highest BCUT2D eigenvalue weighted by atomic mass is 35.5. The summed E-state index contributed by atoms with van der Waals surface area (Å²) < 4.78 is 8.21. The maximum absolute atomic E-state index is 13.4. The molecule has 4 rings (SSSR count). The van der Waals surface area contributed by atoms with E-state index in [1.54, 1.807) is 12.1 Å². The number of pyridine rings is 1. The topological polar surface area (TPSA) is 119 Å². The fraction of sp³-hybridized carbons (Fsp3) is 0.381. The summed E-state index contributed by atoms with van der Waals surface area (Å²) in [6.45, 7) is 0.644. The molecule has 32 heavy (non-hydrogen) atoms. The van der Waals surface area contributed by atoms with E-state index in [0.717, 1.165) is 0 Å². The monoisotopic (exact) mass is 473 g/mol. The lowest BCUT2D eigenvalue weighted by molar-refractivity contribution is -0.121. The normalized spacial score (nSPS) is 16.4. The molecule has 0 bridgehead atoms. The number of nitrogens with one attached hydrogen (secondary N) is 1. The van der Waals surface area contributed by atoms with Crippen LogP contribution < -0.4 is 21.3 Å². The zero-order valence-corrected chi connectivity index (χ0v) is 18.8. The molecule has 1 amide bonds. The van der Waals surface area contributed by atoms with Gasteiger partial charge in [-0.05, 0) is 25.0 Å². The summed E-state index contributed by atoms with van der Waals surface area (Å²) >= 11 is 7.49. The third-order valence-electron chi connectivity index (χ3n) is 5.44. The number of thiophene rings is 1. The molecule has 1 fully saturated rings. The molecule has 9 nitrogen and oxygen atoms in total. The largest absolute Gasteiger partial charge is 0.495 e. The van der Waals surface area contributed by atoms with Crippen LogP contribution in [0.2, 0.25) is 5.15 Å². The highest BCUT2D eigenvalue weighted by Crippen LogP contribution is 2.36. The summed E-state index contributed by atoms with van der Waals surface area (Å²) in [4.78, 5) is 43.7. The van der Waals surface area contributed by atoms with E-state index in [2.05, 4.69) is 10.3 Å². The van der Waals surface area contributed by atoms with Crippen molar-refractivity contribution in [1.82, 2.24) is 19.4 Å². The fourth-order valence-corrected chi connectivity index (χ4v) is 5.26. The first-order chi connectivity index (χ1) is 15.4. The van der Waals surface area contributed by atoms with Crippen LogP contribution in [0.1, 0.15) is 31.7 Å². The molecule has 1 saturated heterocycles. The smallest absolute Gasteiger partial charge is 0.331 e. The number of aromatic nitrogens is 3. The third kappa shape index (κ3) is 4.01. The van der Waals surface area contributed by atoms with Crippen molar-refractivity contribution < 1.29 is 9.53 Å². The molecule has 4 heterocycles. The van der Waals surface area contributed by atoms with Crippen LogP contribution in [-0.4, -0.2) is 33.7 Å². The first-order valence-corrected chi connectivity index (χ1v) is 11.3. The first kappa shape index (κ1) is 22.0. The van der Waals surface area contributed by atoms with Crippen molar-refractivity contribution in [3.63, 3.8) is 0 Å². The lowest BCUT2D eigenvalue weighted by Crippen LogP contribution is -2.42. The summed E-state index contributed by atoms with van der Waals surface area (Å²) in [6.07, 6.45) is 2.85. The van der Waals surface area contributed by atoms with Gasteiger partial charge in [-0.15, -0.1) is 11.3 Å². The van der Waals surface area contributed by atoms with E-state index >= 15 is 0 Å². The van der Waals surface area contributed by atoms with Crippen LogP contribution in [0.3, 0.4) is 0 Å². The van der Waals surface area contributed by atoms with Gasteiger partial charge in [0.1, 0.15) is 15.6 Å². The summed E-state index contributed by atoms with van der Waals surface area (Å²) in [5.74, 6) is 0.314. The van der Waals surface area contributed by atoms with Crippen molar-refractivity contribution >= 4 is 39.1 Å². The van der Waals surface area contributed by atoms with Crippen LogP contribution in [0.15, 0.2) is 27.9 Å². The molecule has 0 radical (unpaired) electrons. The van der Waals surface area contributed by atoms with Crippen LogP contribution in [0.25, 0.3) is 20.7 Å². The second-order valence-electron chi connectivity index (χ2n) is 7.41. The number of hydrogen-bond acceptors (Lipinski definition) is 7. The van der Waals surface area contributed by atoms with Crippen LogP contribution in [-0.2, 0) is 11.3 Å². The highest BCUT2D eigenvalue weighted by molar-refractivity contribution is 7.22. The lowest BCUT2D eigenvalue weighted by Gasteiger charge is -2.18. The number of nitrogens with zero attached hydrogens (tertiary/aromatic N) is 4. The Kier molecular flexibility index (Phi) is 6.30. The van der Waals surface area contributed by atoms with E-state index in [4.69, 9.17) is 21.6 Å². The number of amides is 1. The van der Waals surface area contributed by atoms with Crippen molar-refractivity contribution in [3.05, 3.63) is 44.3 Å². The first-order valence-electron chi connectivity index (χ1n) is 10.1. The highest BCUT2D eigenvalue weighted by Gasteiger charge is 2.26. The number of methoxy groups -OCH3 is 1. The number of hydrogen-bond donors (Lipinski definition) is 1. The van der Waals surface area contributed by atoms with Crippen molar-refractivity contribution in [2.75, 3.05) is 13.7 Å². The molecule has 1 aliphatic heterocycles. The predicted octanol–water partition coefficient (Wildman–Crippen LogP) is 2.70. The van der Waals surface area contributed by atoms with Gasteiger partial charge in [-0.25, -0.2) is 9.78 Å². The average Bonchev–Trinajstić information content (AvgIpc) is 3.11. The molecule has 1 atom stereocenters. The molecule has 0 spiro atoms. The molecule has 0 aliphatic carbocycles. The van der Waals surface area contributed by atoms with E-state index in [0.29, 0.717) is 45.8 Å². The summed E-state index contributed by atoms with van der Waals surface area (Å²) in [6, 6.07) is 4.94. The molecule has 1 N–H and O–H groups in total. The van der Waals surface area contributed by atoms with Crippen molar-refractivity contribution in [2.24, 2.45) is 0 Å². The Morgan fingerprint density at radius 2 is 2.19 bits per heavy atom. The van der Waals surface area contributed by atoms with Crippen LogP contribution in [0.5, 0.6) is 5.75 Å². The average molecular weight is 474 g/mol. The SMILES string of the molecule is COc1cnc(Cl)c(-c2cc3c(s2)c(=O)n([C@@H]2CCCNC(=O)C2)c(=O)n3CCC#N)c1. The molecule has 3 aromatic rings. The number of ether oxygens (including phenoxy) is 1. The quantitative estimate of drug-likeness (QED) is 0.569. The van der Waals surface area contributed by atoms with Crippen molar-refractivity contribution in [1.29, 1.82) is 5.26 Å². The van der Waals surface area contributed by atoms with Gasteiger partial charge in [0.15, 0.2) is 0 Å². The van der Waals surface area contributed by atoms with Gasteiger partial charge in [-0.1, -0.05) is 11.6 Å². The Labute approximate surface area is 191 Å². The Morgan fingerprint density at radius 3 is 2.94 bits per heavy atom. The minimum absolute atomic E-state index is 0.0583. The number of aryl methyl sites for hydroxylation is 1. The van der Waals surface area contributed by atoms with E-state index < -0.39 is 17.3 Å². The molecule has 0 aromatic carbocycles. The van der Waals surface area contributed by atoms with Crippen LogP contribution in [0, 0.1) is 11.3 Å². The maximum Gasteiger partial charge on any atom is 0.331 e. The summed E-state index contributed by atoms with van der Waals surface area (Å²) in [5, 5.41) is 12.1. The van der Waals surface area contributed by atoms with Gasteiger partial charge in [0.2, 0.25) is 5.91 Å². The molecule has 0 unspecified atom stereocenters. The van der Waals surface area contributed by atoms with E-state index in [1.807, 2.05) is 6.07 Å². The maximum atomic E-state index is 13.4. The van der Waals surface area contributed by atoms with E-state index in [1.165, 1.54) is 33.8 Å². The standard InChI is InChI=1S/C21H20ClN5O4S/c1-31-13-9-14(19(22)25-11-13)16-10-15-18(32-16)20(29)27(21(30)26(15)7-3-5-23)12-4-2-6-24-17(28)8-12/h9-12H,2-4,6-8H2,1H3,(H,24,28)/t12-/m1/s1. The Bertz CT molecular complexity index is 1350. The van der Waals surface area contributed by atoms with Gasteiger partial charge in [-0.3, -0.25) is 18.7 Å². The number of rotatable bonds is 5. The summed E-state index contributed by atoms with van der Waals surface area (Å²) in [5.41, 5.74) is 0.0487. The van der Waals surface area contributed by atoms with Gasteiger partial charge >= 0.3 is 5.69 Å². The predicted molar refractivity (Wildman–Crippen MR) is 121 cm³/mol. The lowest BCUT2D eigenvalue weighted by atomic mass is 10.1. The minimum atomic E-state index is -0.539. The number of carbonyl (C=O) groups is 1. The Morgan fingerprint density at radius 1 is 1.38 bits per heavy atom. The molecule has 166 valence electrons. The molecular formula is C21H20ClN5O4S. The van der Waals surface area contributed by atoms with Gasteiger partial charge in [0.25, 0.3) is 5.56 Å². The molecule has 3 aromatic heterocycles. The van der Waals surface area contributed by atoms with Gasteiger partial charge in [-0.2, -0.15) is 5.26 Å². The minimum Gasteiger partial charge on any atom is -0.495 e. The molecular weight excluding hydrogens is 454 g/mol.